The Morgan fingerprint density at radius 3 is 1.81 bits per heavy atom. The number of carbonyl (C=O) groups is 3. The van der Waals surface area contributed by atoms with Crippen LogP contribution in [0, 0.1) is 13.8 Å². The molecule has 2 amide bonds. The fraction of sp³-hybridized carbons (Fsp3) is 0.171. The van der Waals surface area contributed by atoms with Crippen molar-refractivity contribution in [1.82, 2.24) is 13.8 Å². The normalized spacial score (nSPS) is 13.8. The first-order valence-electron chi connectivity index (χ1n) is 15.1. The number of fused-ring (bicyclic) bond motifs is 1. The summed E-state index contributed by atoms with van der Waals surface area (Å²) in [4.78, 5) is 43.1. The minimum absolute atomic E-state index is 0.0408. The summed E-state index contributed by atoms with van der Waals surface area (Å²) in [5.41, 5.74) is 1.79. The highest BCUT2D eigenvalue weighted by Gasteiger charge is 2.33. The van der Waals surface area contributed by atoms with E-state index >= 15 is 0 Å². The monoisotopic (exact) mass is 684 g/mol. The van der Waals surface area contributed by atoms with E-state index in [1.807, 2.05) is 13.0 Å². The molecule has 0 saturated carbocycles. The van der Waals surface area contributed by atoms with Gasteiger partial charge in [0.25, 0.3) is 37.6 Å². The first-order valence-corrected chi connectivity index (χ1v) is 18.0. The number of sulfonamides is 1. The Balaban J connectivity index is 1.37. The van der Waals surface area contributed by atoms with Crippen LogP contribution in [0.25, 0.3) is 10.9 Å². The molecular weight excluding hydrogens is 653 g/mol. The Hall–Kier alpha value is -5.27. The molecule has 5 aromatic rings. The summed E-state index contributed by atoms with van der Waals surface area (Å²) in [6, 6.07) is 25.3. The van der Waals surface area contributed by atoms with Crippen molar-refractivity contribution in [1.29, 1.82) is 0 Å². The largest absolute Gasteiger partial charge is 0.335 e. The van der Waals surface area contributed by atoms with Crippen LogP contribution in [-0.2, 0) is 24.8 Å². The van der Waals surface area contributed by atoms with Crippen molar-refractivity contribution in [3.05, 3.63) is 126 Å². The molecule has 2 heterocycles. The molecule has 1 aromatic heterocycles. The van der Waals surface area contributed by atoms with Crippen molar-refractivity contribution in [2.45, 2.75) is 23.6 Å². The van der Waals surface area contributed by atoms with Crippen molar-refractivity contribution in [3.63, 3.8) is 0 Å². The highest BCUT2D eigenvalue weighted by Crippen LogP contribution is 2.33. The van der Waals surface area contributed by atoms with E-state index in [0.29, 0.717) is 5.56 Å². The number of anilines is 1. The summed E-state index contributed by atoms with van der Waals surface area (Å²) in [5, 5.41) is 0.0750. The molecule has 1 aliphatic heterocycles. The maximum absolute atomic E-state index is 14.1. The van der Waals surface area contributed by atoms with E-state index in [1.54, 1.807) is 60.4 Å². The number of hydrogen-bond donors (Lipinski definition) is 1. The number of aryl methyl sites for hydroxylation is 2. The van der Waals surface area contributed by atoms with Crippen LogP contribution in [0.3, 0.4) is 0 Å². The quantitative estimate of drug-likeness (QED) is 0.188. The van der Waals surface area contributed by atoms with Crippen molar-refractivity contribution in [3.8, 4) is 0 Å². The van der Waals surface area contributed by atoms with Gasteiger partial charge in [-0.25, -0.2) is 20.8 Å². The van der Waals surface area contributed by atoms with Gasteiger partial charge in [-0.05, 0) is 56.3 Å². The molecule has 1 fully saturated rings. The Morgan fingerprint density at radius 1 is 0.646 bits per heavy atom. The Labute approximate surface area is 278 Å². The highest BCUT2D eigenvalue weighted by atomic mass is 32.2. The zero-order valence-corrected chi connectivity index (χ0v) is 27.8. The standard InChI is InChI=1S/C35H32N4O7S2/c1-24-11-15-27(16-12-24)47(43,44)36-31-10-6-9-29-30(23-39(32(29)31)48(45,46)28-17-13-25(2)14-18-28)33(40)35(42)38-21-19-37(20-22-38)34(41)26-7-4-3-5-8-26/h3-18,23,36H,19-22H2,1-2H3. The van der Waals surface area contributed by atoms with E-state index in [9.17, 15) is 31.2 Å². The molecule has 0 radical (unpaired) electrons. The average Bonchev–Trinajstić information content (AvgIpc) is 3.50. The number of ketones is 1. The first kappa shape index (κ1) is 32.7. The van der Waals surface area contributed by atoms with Gasteiger partial charge in [0.1, 0.15) is 0 Å². The number of Topliss-reactive ketones (excluding diaryl/α,β-unsaturated/α-hetero) is 1. The van der Waals surface area contributed by atoms with Gasteiger partial charge in [0, 0.05) is 43.3 Å². The van der Waals surface area contributed by atoms with Gasteiger partial charge < -0.3 is 9.80 Å². The number of nitrogens with one attached hydrogen (secondary N) is 1. The molecule has 0 atom stereocenters. The van der Waals surface area contributed by atoms with Crippen molar-refractivity contribution in [2.75, 3.05) is 30.9 Å². The number of aromatic nitrogens is 1. The number of piperazine rings is 1. The second-order valence-corrected chi connectivity index (χ2v) is 15.1. The fourth-order valence-corrected chi connectivity index (χ4v) is 8.04. The number of para-hydroxylation sites is 1. The third kappa shape index (κ3) is 6.21. The molecule has 0 unspecified atom stereocenters. The lowest BCUT2D eigenvalue weighted by Crippen LogP contribution is -2.52. The van der Waals surface area contributed by atoms with Crippen LogP contribution < -0.4 is 4.72 Å². The Bertz CT molecular complexity index is 2260. The van der Waals surface area contributed by atoms with E-state index in [4.69, 9.17) is 0 Å². The first-order chi connectivity index (χ1) is 22.9. The van der Waals surface area contributed by atoms with Crippen molar-refractivity contribution in [2.24, 2.45) is 0 Å². The summed E-state index contributed by atoms with van der Waals surface area (Å²) in [6.07, 6.45) is 1.07. The zero-order chi connectivity index (χ0) is 34.2. The van der Waals surface area contributed by atoms with Crippen LogP contribution in [0.4, 0.5) is 5.69 Å². The Morgan fingerprint density at radius 2 is 1.21 bits per heavy atom. The molecule has 0 bridgehead atoms. The summed E-state index contributed by atoms with van der Waals surface area (Å²) >= 11 is 0. The summed E-state index contributed by atoms with van der Waals surface area (Å²) in [5.74, 6) is -2.00. The lowest BCUT2D eigenvalue weighted by Gasteiger charge is -2.34. The molecule has 1 saturated heterocycles. The number of nitrogens with zero attached hydrogens (tertiary/aromatic N) is 3. The van der Waals surface area contributed by atoms with Crippen LogP contribution in [0.2, 0.25) is 0 Å². The van der Waals surface area contributed by atoms with Gasteiger partial charge in [-0.1, -0.05) is 65.7 Å². The Kier molecular flexibility index (Phi) is 8.67. The van der Waals surface area contributed by atoms with Gasteiger partial charge >= 0.3 is 0 Å². The number of benzene rings is 4. The smallest absolute Gasteiger partial charge is 0.295 e. The molecular formula is C35H32N4O7S2. The lowest BCUT2D eigenvalue weighted by atomic mass is 10.1. The third-order valence-electron chi connectivity index (χ3n) is 8.26. The van der Waals surface area contributed by atoms with Gasteiger partial charge in [-0.2, -0.15) is 0 Å². The predicted octanol–water partition coefficient (Wildman–Crippen LogP) is 4.46. The van der Waals surface area contributed by atoms with Crippen LogP contribution in [0.5, 0.6) is 0 Å². The molecule has 48 heavy (non-hydrogen) atoms. The van der Waals surface area contributed by atoms with Crippen molar-refractivity contribution < 1.29 is 31.2 Å². The van der Waals surface area contributed by atoms with Gasteiger partial charge in [0.2, 0.25) is 0 Å². The summed E-state index contributed by atoms with van der Waals surface area (Å²) in [7, 11) is -8.56. The van der Waals surface area contributed by atoms with E-state index < -0.39 is 31.7 Å². The van der Waals surface area contributed by atoms with E-state index in [-0.39, 0.29) is 64.0 Å². The highest BCUT2D eigenvalue weighted by molar-refractivity contribution is 7.92. The SMILES string of the molecule is Cc1ccc(S(=O)(=O)Nc2cccc3c(C(=O)C(=O)N4CCN(C(=O)c5ccccc5)CC4)cn(S(=O)(=O)c4ccc(C)cc4)c23)cc1. The second-order valence-electron chi connectivity index (χ2n) is 11.6. The second kappa shape index (κ2) is 12.7. The number of carbonyl (C=O) groups excluding carboxylic acids is 3. The molecule has 1 N–H and O–H groups in total. The minimum atomic E-state index is -4.38. The zero-order valence-electron chi connectivity index (χ0n) is 26.2. The van der Waals surface area contributed by atoms with Gasteiger partial charge in [0.05, 0.1) is 26.6 Å². The number of hydrogen-bond acceptors (Lipinski definition) is 7. The maximum atomic E-state index is 14.1. The van der Waals surface area contributed by atoms with Crippen LogP contribution in [0.15, 0.2) is 113 Å². The summed E-state index contributed by atoms with van der Waals surface area (Å²) in [6.45, 7) is 4.25. The predicted molar refractivity (Wildman–Crippen MR) is 181 cm³/mol. The van der Waals surface area contributed by atoms with E-state index in [0.717, 1.165) is 21.3 Å². The summed E-state index contributed by atoms with van der Waals surface area (Å²) < 4.78 is 58.3. The minimum Gasteiger partial charge on any atom is -0.335 e. The topological polar surface area (TPSA) is 143 Å². The van der Waals surface area contributed by atoms with Crippen LogP contribution in [0.1, 0.15) is 31.8 Å². The van der Waals surface area contributed by atoms with Crippen LogP contribution >= 0.6 is 0 Å². The molecule has 6 rings (SSSR count). The van der Waals surface area contributed by atoms with E-state index in [1.165, 1.54) is 47.4 Å². The number of amides is 2. The molecule has 13 heteroatoms. The number of rotatable bonds is 8. The van der Waals surface area contributed by atoms with Gasteiger partial charge in [-0.3, -0.25) is 19.1 Å². The molecule has 11 nitrogen and oxygen atoms in total. The van der Waals surface area contributed by atoms with Crippen LogP contribution in [-0.4, -0.2) is 74.4 Å². The molecule has 0 spiro atoms. The molecule has 4 aromatic carbocycles. The fourth-order valence-electron chi connectivity index (χ4n) is 5.58. The average molecular weight is 685 g/mol. The van der Waals surface area contributed by atoms with Gasteiger partial charge in [0.15, 0.2) is 0 Å². The van der Waals surface area contributed by atoms with Crippen molar-refractivity contribution >= 4 is 54.2 Å². The molecule has 1 aliphatic rings. The van der Waals surface area contributed by atoms with Gasteiger partial charge in [-0.15, -0.1) is 0 Å². The lowest BCUT2D eigenvalue weighted by molar-refractivity contribution is -0.127. The van der Waals surface area contributed by atoms with E-state index in [2.05, 4.69) is 4.72 Å². The molecule has 246 valence electrons. The third-order valence-corrected chi connectivity index (χ3v) is 11.3. The molecule has 0 aliphatic carbocycles. The maximum Gasteiger partial charge on any atom is 0.295 e.